The maximum Gasteiger partial charge on any atom is 0.472 e. The summed E-state index contributed by atoms with van der Waals surface area (Å²) in [4.78, 5) is 73.4. The average molecular weight is 1600 g/mol. The van der Waals surface area contributed by atoms with Crippen molar-refractivity contribution in [3.63, 3.8) is 0 Å². The summed E-state index contributed by atoms with van der Waals surface area (Å²) in [6.45, 7) is 9.66. The number of rotatable bonds is 88. The maximum atomic E-state index is 13.2. The number of hydrogen-bond acceptors (Lipinski definition) is 15. The van der Waals surface area contributed by atoms with Gasteiger partial charge in [-0.15, -0.1) is 0 Å². The Morgan fingerprint density at radius 3 is 0.818 bits per heavy atom. The Labute approximate surface area is 675 Å². The first-order valence-electron chi connectivity index (χ1n) is 46.3. The van der Waals surface area contributed by atoms with Crippen LogP contribution in [0.3, 0.4) is 0 Å². The first-order chi connectivity index (χ1) is 53.4. The van der Waals surface area contributed by atoms with E-state index >= 15 is 0 Å². The zero-order valence-corrected chi connectivity index (χ0v) is 73.8. The number of unbranched alkanes of at least 4 members (excludes halogenated alkanes) is 54. The van der Waals surface area contributed by atoms with Gasteiger partial charge < -0.3 is 33.8 Å². The molecule has 0 aliphatic heterocycles. The Morgan fingerprint density at radius 2 is 0.536 bits per heavy atom. The lowest BCUT2D eigenvalue weighted by atomic mass is 9.99. The Morgan fingerprint density at radius 1 is 0.300 bits per heavy atom. The minimum Gasteiger partial charge on any atom is -0.462 e. The van der Waals surface area contributed by atoms with E-state index in [2.05, 4.69) is 65.8 Å². The Bertz CT molecular complexity index is 2200. The molecule has 3 unspecified atom stereocenters. The molecule has 0 heterocycles. The zero-order valence-electron chi connectivity index (χ0n) is 72.1. The van der Waals surface area contributed by atoms with Gasteiger partial charge in [0.25, 0.3) is 0 Å². The van der Waals surface area contributed by atoms with Gasteiger partial charge in [0.15, 0.2) is 12.2 Å². The highest BCUT2D eigenvalue weighted by atomic mass is 31.2. The van der Waals surface area contributed by atoms with Crippen molar-refractivity contribution in [3.8, 4) is 0 Å². The van der Waals surface area contributed by atoms with Crippen LogP contribution in [-0.4, -0.2) is 96.7 Å². The molecule has 0 saturated carbocycles. The van der Waals surface area contributed by atoms with E-state index in [1.807, 2.05) is 0 Å². The molecule has 0 radical (unpaired) electrons. The van der Waals surface area contributed by atoms with Crippen molar-refractivity contribution in [2.24, 2.45) is 11.8 Å². The fourth-order valence-electron chi connectivity index (χ4n) is 13.7. The summed E-state index contributed by atoms with van der Waals surface area (Å²) in [7, 11) is -9.95. The van der Waals surface area contributed by atoms with E-state index in [-0.39, 0.29) is 25.7 Å². The normalized spacial score (nSPS) is 14.1. The third-order valence-electron chi connectivity index (χ3n) is 21.2. The summed E-state index contributed by atoms with van der Waals surface area (Å²) in [5.41, 5.74) is 0. The van der Waals surface area contributed by atoms with Gasteiger partial charge in [0.1, 0.15) is 19.3 Å². The van der Waals surface area contributed by atoms with Gasteiger partial charge in [0.05, 0.1) is 26.4 Å². The van der Waals surface area contributed by atoms with E-state index in [1.165, 1.54) is 270 Å². The predicted molar refractivity (Wildman–Crippen MR) is 455 cm³/mol. The molecule has 650 valence electrons. The molecule has 19 heteroatoms. The van der Waals surface area contributed by atoms with Crippen LogP contribution in [0.4, 0.5) is 0 Å². The molecule has 0 saturated heterocycles. The second-order valence-corrected chi connectivity index (χ2v) is 35.6. The van der Waals surface area contributed by atoms with E-state index in [0.717, 1.165) is 115 Å². The monoisotopic (exact) mass is 1600 g/mol. The summed E-state index contributed by atoms with van der Waals surface area (Å²) in [6, 6.07) is 0. The lowest BCUT2D eigenvalue weighted by molar-refractivity contribution is -0.161. The quantitative estimate of drug-likeness (QED) is 0.0169. The number of ether oxygens (including phenoxy) is 4. The average Bonchev–Trinajstić information content (AvgIpc) is 0.895. The van der Waals surface area contributed by atoms with Crippen LogP contribution in [0.15, 0.2) is 24.3 Å². The summed E-state index contributed by atoms with van der Waals surface area (Å²) in [6.07, 6.45) is 78.7. The van der Waals surface area contributed by atoms with E-state index in [0.29, 0.717) is 25.7 Å². The highest BCUT2D eigenvalue weighted by molar-refractivity contribution is 7.47. The number of hydrogen-bond donors (Lipinski definition) is 3. The van der Waals surface area contributed by atoms with Crippen LogP contribution < -0.4 is 0 Å². The number of aliphatic hydroxyl groups is 1. The van der Waals surface area contributed by atoms with Gasteiger partial charge in [-0.1, -0.05) is 413 Å². The Kier molecular flexibility index (Phi) is 79.8. The minimum atomic E-state index is -4.97. The third-order valence-corrected chi connectivity index (χ3v) is 23.1. The van der Waals surface area contributed by atoms with E-state index in [1.54, 1.807) is 0 Å². The van der Waals surface area contributed by atoms with Gasteiger partial charge >= 0.3 is 39.5 Å². The highest BCUT2D eigenvalue weighted by Crippen LogP contribution is 2.45. The van der Waals surface area contributed by atoms with Crippen molar-refractivity contribution < 1.29 is 80.2 Å². The van der Waals surface area contributed by atoms with E-state index in [9.17, 15) is 43.2 Å². The number of phosphoric ester groups is 2. The molecule has 0 spiro atoms. The highest BCUT2D eigenvalue weighted by Gasteiger charge is 2.31. The molecule has 3 N–H and O–H groups in total. The fraction of sp³-hybridized carbons (Fsp3) is 0.912. The molecule has 0 bridgehead atoms. The largest absolute Gasteiger partial charge is 0.472 e. The Balaban J connectivity index is 5.26. The summed E-state index contributed by atoms with van der Waals surface area (Å²) in [5.74, 6) is -0.532. The lowest BCUT2D eigenvalue weighted by Gasteiger charge is -2.21. The van der Waals surface area contributed by atoms with Gasteiger partial charge in [-0.3, -0.25) is 37.3 Å². The van der Waals surface area contributed by atoms with Gasteiger partial charge in [0.2, 0.25) is 0 Å². The van der Waals surface area contributed by atoms with Crippen molar-refractivity contribution >= 4 is 39.5 Å². The molecule has 0 fully saturated rings. The van der Waals surface area contributed by atoms with Crippen LogP contribution in [0.1, 0.15) is 465 Å². The van der Waals surface area contributed by atoms with Crippen LogP contribution in [0, 0.1) is 11.8 Å². The molecule has 17 nitrogen and oxygen atoms in total. The summed E-state index contributed by atoms with van der Waals surface area (Å²) < 4.78 is 69.0. The van der Waals surface area contributed by atoms with Gasteiger partial charge in [-0.2, -0.15) is 0 Å². The fourth-order valence-corrected chi connectivity index (χ4v) is 15.3. The number of esters is 4. The van der Waals surface area contributed by atoms with Crippen molar-refractivity contribution in [1.29, 1.82) is 0 Å². The number of allylic oxidation sites excluding steroid dienone is 4. The van der Waals surface area contributed by atoms with Crippen molar-refractivity contribution in [2.45, 2.75) is 484 Å². The minimum absolute atomic E-state index is 0.0850. The zero-order chi connectivity index (χ0) is 80.6. The molecule has 110 heavy (non-hydrogen) atoms. The topological polar surface area (TPSA) is 237 Å². The van der Waals surface area contributed by atoms with Crippen LogP contribution >= 0.6 is 15.6 Å². The standard InChI is InChI=1S/C91H174O17P2/c1-7-10-12-14-16-18-20-22-24-25-26-27-28-29-34-38-42-46-50-58-64-70-76-90(95)107-86(79-101-88(93)73-67-61-55-48-44-40-37-33-31-30-32-36-39-43-47-53-59-65-71-83(4)5)81-105-109(97,98)103-77-85(92)78-104-110(99,100)106-82-87(80-102-89(94)74-68-62-56-52-51-54-60-66-72-84(6)9-3)108-91(96)75-69-63-57-49-45-41-35-23-21-19-17-15-13-11-8-2/h19,21,23,35,83-87,92H,7-18,20,22,24-34,36-82H2,1-6H3,(H,97,98)(H,99,100)/b21-19-,35-23-/t84?,85-,86-,87-/m1/s1. The van der Waals surface area contributed by atoms with Gasteiger partial charge in [0, 0.05) is 25.7 Å². The molecule has 0 aliphatic rings. The Hall–Kier alpha value is -2.46. The van der Waals surface area contributed by atoms with Gasteiger partial charge in [-0.25, -0.2) is 9.13 Å². The van der Waals surface area contributed by atoms with Crippen molar-refractivity contribution in [1.82, 2.24) is 0 Å². The summed E-state index contributed by atoms with van der Waals surface area (Å²) in [5, 5.41) is 10.7. The SMILES string of the molecule is CCCCCC/C=C\C=C/CCCCCCCC(=O)O[C@H](COC(=O)CCCCCCCCCCC(C)CC)COP(=O)(O)OC[C@H](O)COP(=O)(O)OC[C@@H](COC(=O)CCCCCCCCCCCCCCCCCCCCC(C)C)OC(=O)CCCCCCCCCCCCCCCCCCCCCCCC. The molecule has 0 aliphatic carbocycles. The smallest absolute Gasteiger partial charge is 0.462 e. The van der Waals surface area contributed by atoms with Crippen LogP contribution in [0.5, 0.6) is 0 Å². The molecule has 0 amide bonds. The second-order valence-electron chi connectivity index (χ2n) is 32.7. The van der Waals surface area contributed by atoms with Crippen LogP contribution in [0.2, 0.25) is 0 Å². The van der Waals surface area contributed by atoms with Gasteiger partial charge in [-0.05, 0) is 63.2 Å². The maximum absolute atomic E-state index is 13.2. The third kappa shape index (κ3) is 82.1. The number of carbonyl (C=O) groups excluding carboxylic acids is 4. The number of aliphatic hydroxyl groups excluding tert-OH is 1. The molecular weight excluding hydrogens is 1430 g/mol. The molecule has 0 aromatic carbocycles. The summed E-state index contributed by atoms with van der Waals surface area (Å²) >= 11 is 0. The van der Waals surface area contributed by atoms with E-state index in [4.69, 9.17) is 37.0 Å². The van der Waals surface area contributed by atoms with Crippen LogP contribution in [-0.2, 0) is 65.4 Å². The molecule has 6 atom stereocenters. The molecular formula is C91H174O17P2. The number of carbonyl (C=O) groups is 4. The predicted octanol–water partition coefficient (Wildman–Crippen LogP) is 27.7. The van der Waals surface area contributed by atoms with E-state index < -0.39 is 97.5 Å². The van der Waals surface area contributed by atoms with Crippen molar-refractivity contribution in [2.75, 3.05) is 39.6 Å². The first kappa shape index (κ1) is 108. The first-order valence-corrected chi connectivity index (χ1v) is 49.3. The molecule has 0 rings (SSSR count). The van der Waals surface area contributed by atoms with Crippen LogP contribution in [0.25, 0.3) is 0 Å². The number of phosphoric acid groups is 2. The lowest BCUT2D eigenvalue weighted by Crippen LogP contribution is -2.30. The molecule has 0 aromatic rings. The van der Waals surface area contributed by atoms with Crippen molar-refractivity contribution in [3.05, 3.63) is 24.3 Å². The molecule has 0 aromatic heterocycles. The second kappa shape index (κ2) is 81.7.